The van der Waals surface area contributed by atoms with Crippen LogP contribution in [0.3, 0.4) is 0 Å². The summed E-state index contributed by atoms with van der Waals surface area (Å²) < 4.78 is 39.5. The summed E-state index contributed by atoms with van der Waals surface area (Å²) in [6.07, 6.45) is 0. The molecule has 7 heteroatoms. The average Bonchev–Trinajstić information content (AvgIpc) is 2.64. The van der Waals surface area contributed by atoms with E-state index < -0.39 is 22.4 Å². The fraction of sp³-hybridized carbons (Fsp3) is 0.273. The maximum Gasteiger partial charge on any atom is 0.160 e. The van der Waals surface area contributed by atoms with Crippen molar-refractivity contribution >= 4 is 10.8 Å². The Morgan fingerprint density at radius 1 is 1.28 bits per heavy atom. The Hall–Kier alpha value is -1.63. The maximum absolute atomic E-state index is 13.0. The van der Waals surface area contributed by atoms with Gasteiger partial charge in [0.25, 0.3) is 0 Å². The van der Waals surface area contributed by atoms with Crippen LogP contribution >= 0.6 is 0 Å². The van der Waals surface area contributed by atoms with Crippen LogP contribution in [0.2, 0.25) is 0 Å². The largest absolute Gasteiger partial charge is 0.318 e. The van der Waals surface area contributed by atoms with Crippen LogP contribution in [-0.4, -0.2) is 19.0 Å². The van der Waals surface area contributed by atoms with Crippen molar-refractivity contribution < 1.29 is 13.0 Å². The average molecular weight is 271 g/mol. The van der Waals surface area contributed by atoms with Gasteiger partial charge in [-0.1, -0.05) is 0 Å². The summed E-state index contributed by atoms with van der Waals surface area (Å²) >= 11 is 0. The molecule has 0 spiro atoms. The van der Waals surface area contributed by atoms with Gasteiger partial charge in [-0.3, -0.25) is 4.21 Å². The molecule has 2 rings (SSSR count). The van der Waals surface area contributed by atoms with Crippen LogP contribution in [0.4, 0.5) is 8.78 Å². The standard InChI is InChI=1S/C11H11F2N3OS/c1-7-14-15-11(16(7)2)6-18(17)8-3-4-9(12)10(13)5-8/h3-5H,6H2,1-2H3. The van der Waals surface area contributed by atoms with Crippen LogP contribution in [0, 0.1) is 18.6 Å². The first-order chi connectivity index (χ1) is 8.49. The smallest absolute Gasteiger partial charge is 0.160 e. The molecule has 0 aliphatic rings. The number of benzene rings is 1. The SMILES string of the molecule is Cc1nnc(CS(=O)c2ccc(F)c(F)c2)n1C. The Labute approximate surface area is 105 Å². The molecule has 4 nitrogen and oxygen atoms in total. The van der Waals surface area contributed by atoms with Gasteiger partial charge in [0.05, 0.1) is 16.6 Å². The molecule has 0 aliphatic carbocycles. The summed E-state index contributed by atoms with van der Waals surface area (Å²) in [5.41, 5.74) is 0. The van der Waals surface area contributed by atoms with Gasteiger partial charge in [-0.15, -0.1) is 10.2 Å². The molecule has 1 atom stereocenters. The van der Waals surface area contributed by atoms with Gasteiger partial charge in [0.2, 0.25) is 0 Å². The third kappa shape index (κ3) is 2.45. The van der Waals surface area contributed by atoms with E-state index >= 15 is 0 Å². The van der Waals surface area contributed by atoms with Gasteiger partial charge in [-0.2, -0.15) is 0 Å². The molecule has 0 radical (unpaired) electrons. The molecule has 1 unspecified atom stereocenters. The lowest BCUT2D eigenvalue weighted by Crippen LogP contribution is -2.05. The second-order valence-corrected chi connectivity index (χ2v) is 5.24. The molecule has 18 heavy (non-hydrogen) atoms. The van der Waals surface area contributed by atoms with Crippen LogP contribution in [0.25, 0.3) is 0 Å². The molecule has 1 aromatic carbocycles. The van der Waals surface area contributed by atoms with E-state index in [0.29, 0.717) is 11.6 Å². The highest BCUT2D eigenvalue weighted by Crippen LogP contribution is 2.15. The van der Waals surface area contributed by atoms with E-state index in [2.05, 4.69) is 10.2 Å². The van der Waals surface area contributed by atoms with Gasteiger partial charge in [0.15, 0.2) is 11.6 Å². The van der Waals surface area contributed by atoms with E-state index in [4.69, 9.17) is 0 Å². The van der Waals surface area contributed by atoms with Crippen molar-refractivity contribution in [1.29, 1.82) is 0 Å². The van der Waals surface area contributed by atoms with Gasteiger partial charge in [-0.05, 0) is 25.1 Å². The van der Waals surface area contributed by atoms with Crippen molar-refractivity contribution in [2.45, 2.75) is 17.6 Å². The summed E-state index contributed by atoms with van der Waals surface area (Å²) in [6, 6.07) is 3.21. The van der Waals surface area contributed by atoms with Gasteiger partial charge in [0, 0.05) is 11.9 Å². The number of aryl methyl sites for hydroxylation is 1. The second kappa shape index (κ2) is 4.93. The highest BCUT2D eigenvalue weighted by Gasteiger charge is 2.13. The molecule has 96 valence electrons. The minimum atomic E-state index is -1.48. The van der Waals surface area contributed by atoms with E-state index in [1.54, 1.807) is 18.5 Å². The van der Waals surface area contributed by atoms with Crippen LogP contribution < -0.4 is 0 Å². The highest BCUT2D eigenvalue weighted by atomic mass is 32.2. The first-order valence-electron chi connectivity index (χ1n) is 5.17. The monoisotopic (exact) mass is 271 g/mol. The molecule has 0 fully saturated rings. The molecular weight excluding hydrogens is 260 g/mol. The Balaban J connectivity index is 2.22. The lowest BCUT2D eigenvalue weighted by molar-refractivity contribution is 0.505. The van der Waals surface area contributed by atoms with Crippen LogP contribution in [0.15, 0.2) is 23.1 Å². The van der Waals surface area contributed by atoms with E-state index in [1.165, 1.54) is 6.07 Å². The van der Waals surface area contributed by atoms with E-state index in [9.17, 15) is 13.0 Å². The molecule has 0 amide bonds. The van der Waals surface area contributed by atoms with Crippen molar-refractivity contribution in [2.75, 3.05) is 0 Å². The third-order valence-corrected chi connectivity index (χ3v) is 3.90. The summed E-state index contributed by atoms with van der Waals surface area (Å²) in [4.78, 5) is 0.231. The zero-order valence-corrected chi connectivity index (χ0v) is 10.7. The number of hydrogen-bond acceptors (Lipinski definition) is 3. The first-order valence-corrected chi connectivity index (χ1v) is 6.49. The molecule has 0 bridgehead atoms. The molecule has 0 saturated carbocycles. The van der Waals surface area contributed by atoms with Crippen molar-refractivity contribution in [2.24, 2.45) is 7.05 Å². The molecule has 0 aliphatic heterocycles. The minimum Gasteiger partial charge on any atom is -0.318 e. The fourth-order valence-corrected chi connectivity index (χ4v) is 2.50. The Bertz CT molecular complexity index is 612. The second-order valence-electron chi connectivity index (χ2n) is 3.79. The summed E-state index contributed by atoms with van der Waals surface area (Å²) in [6.45, 7) is 1.77. The Morgan fingerprint density at radius 3 is 2.56 bits per heavy atom. The first kappa shape index (κ1) is 12.8. The molecule has 1 heterocycles. The summed E-state index contributed by atoms with van der Waals surface area (Å²) in [5, 5.41) is 7.71. The number of nitrogens with zero attached hydrogens (tertiary/aromatic N) is 3. The maximum atomic E-state index is 13.0. The van der Waals surface area contributed by atoms with Crippen molar-refractivity contribution in [3.05, 3.63) is 41.5 Å². The van der Waals surface area contributed by atoms with E-state index in [-0.39, 0.29) is 10.6 Å². The van der Waals surface area contributed by atoms with Gasteiger partial charge in [0.1, 0.15) is 11.6 Å². The number of rotatable bonds is 3. The number of aromatic nitrogens is 3. The lowest BCUT2D eigenvalue weighted by atomic mass is 10.3. The van der Waals surface area contributed by atoms with Crippen LogP contribution in [0.1, 0.15) is 11.6 Å². The molecular formula is C11H11F2N3OS. The number of halogens is 2. The van der Waals surface area contributed by atoms with Crippen LogP contribution in [0.5, 0.6) is 0 Å². The van der Waals surface area contributed by atoms with Crippen molar-refractivity contribution in [1.82, 2.24) is 14.8 Å². The number of hydrogen-bond donors (Lipinski definition) is 0. The van der Waals surface area contributed by atoms with Crippen molar-refractivity contribution in [3.8, 4) is 0 Å². The topological polar surface area (TPSA) is 47.8 Å². The fourth-order valence-electron chi connectivity index (χ4n) is 1.40. The lowest BCUT2D eigenvalue weighted by Gasteiger charge is -2.03. The quantitative estimate of drug-likeness (QED) is 0.854. The van der Waals surface area contributed by atoms with Gasteiger partial charge in [-0.25, -0.2) is 8.78 Å². The van der Waals surface area contributed by atoms with Crippen LogP contribution in [-0.2, 0) is 23.6 Å². The minimum absolute atomic E-state index is 0.114. The van der Waals surface area contributed by atoms with E-state index in [0.717, 1.165) is 12.1 Å². The molecule has 0 saturated heterocycles. The van der Waals surface area contributed by atoms with Crippen molar-refractivity contribution in [3.63, 3.8) is 0 Å². The zero-order valence-electron chi connectivity index (χ0n) is 9.85. The summed E-state index contributed by atoms with van der Waals surface area (Å²) in [5.74, 6) is -0.606. The molecule has 2 aromatic rings. The molecule has 1 aromatic heterocycles. The predicted molar refractivity (Wildman–Crippen MR) is 62.2 cm³/mol. The summed E-state index contributed by atoms with van der Waals surface area (Å²) in [7, 11) is 0.277. The zero-order chi connectivity index (χ0) is 13.3. The van der Waals surface area contributed by atoms with Gasteiger partial charge >= 0.3 is 0 Å². The normalized spacial score (nSPS) is 12.7. The highest BCUT2D eigenvalue weighted by molar-refractivity contribution is 7.84. The Kier molecular flexibility index (Phi) is 3.51. The van der Waals surface area contributed by atoms with Gasteiger partial charge < -0.3 is 4.57 Å². The molecule has 0 N–H and O–H groups in total. The van der Waals surface area contributed by atoms with E-state index in [1.807, 2.05) is 0 Å². The predicted octanol–water partition coefficient (Wildman–Crippen LogP) is 1.71. The Morgan fingerprint density at radius 2 is 2.00 bits per heavy atom. The third-order valence-electron chi connectivity index (χ3n) is 2.60.